The number of carbonyl (C=O) groups excluding carboxylic acids is 4. The first-order valence-electron chi connectivity index (χ1n) is 9.96. The lowest BCUT2D eigenvalue weighted by Crippen LogP contribution is -2.37. The Hall–Kier alpha value is -2.96. The average Bonchev–Trinajstić information content (AvgIpc) is 2.97. The van der Waals surface area contributed by atoms with Crippen LogP contribution in [0.2, 0.25) is 0 Å². The average molecular weight is 398 g/mol. The molecule has 0 unspecified atom stereocenters. The van der Waals surface area contributed by atoms with Crippen molar-refractivity contribution in [2.45, 2.75) is 39.0 Å². The van der Waals surface area contributed by atoms with Crippen molar-refractivity contribution in [3.05, 3.63) is 42.0 Å². The second-order valence-corrected chi connectivity index (χ2v) is 7.56. The summed E-state index contributed by atoms with van der Waals surface area (Å²) in [5.41, 5.74) is 1.80. The van der Waals surface area contributed by atoms with Gasteiger partial charge in [0.25, 0.3) is 5.91 Å². The summed E-state index contributed by atoms with van der Waals surface area (Å²) in [5, 5.41) is 2.66. The van der Waals surface area contributed by atoms with Crippen LogP contribution in [0.3, 0.4) is 0 Å². The molecule has 154 valence electrons. The first-order valence-corrected chi connectivity index (χ1v) is 9.96. The fraction of sp³-hybridized carbons (Fsp3) is 0.455. The molecule has 1 aromatic rings. The number of nitrogens with zero attached hydrogens (tertiary/aromatic N) is 1. The van der Waals surface area contributed by atoms with Crippen LogP contribution in [0, 0.1) is 11.8 Å². The summed E-state index contributed by atoms with van der Waals surface area (Å²) in [6.07, 6.45) is 5.82. The van der Waals surface area contributed by atoms with Crippen LogP contribution in [0.25, 0.3) is 0 Å². The van der Waals surface area contributed by atoms with Crippen molar-refractivity contribution in [1.82, 2.24) is 4.90 Å². The molecule has 0 spiro atoms. The summed E-state index contributed by atoms with van der Waals surface area (Å²) in [7, 11) is 0. The second-order valence-electron chi connectivity index (χ2n) is 7.56. The fourth-order valence-corrected chi connectivity index (χ4v) is 3.67. The number of rotatable bonds is 7. The van der Waals surface area contributed by atoms with Gasteiger partial charge in [0.15, 0.2) is 6.61 Å². The van der Waals surface area contributed by atoms with Crippen LogP contribution in [-0.2, 0) is 23.9 Å². The van der Waals surface area contributed by atoms with E-state index in [4.69, 9.17) is 4.74 Å². The van der Waals surface area contributed by atoms with Gasteiger partial charge in [-0.25, -0.2) is 0 Å². The predicted molar refractivity (Wildman–Crippen MR) is 107 cm³/mol. The number of likely N-dealkylation sites (tertiary alicyclic amines) is 1. The van der Waals surface area contributed by atoms with Crippen LogP contribution in [0.5, 0.6) is 0 Å². The Morgan fingerprint density at radius 3 is 2.24 bits per heavy atom. The molecule has 29 heavy (non-hydrogen) atoms. The summed E-state index contributed by atoms with van der Waals surface area (Å²) in [5.74, 6) is -2.27. The molecule has 1 saturated heterocycles. The quantitative estimate of drug-likeness (QED) is 0.433. The Morgan fingerprint density at radius 1 is 1.10 bits per heavy atom. The van der Waals surface area contributed by atoms with E-state index in [2.05, 4.69) is 19.2 Å². The fourth-order valence-electron chi connectivity index (χ4n) is 3.67. The Labute approximate surface area is 170 Å². The maximum atomic E-state index is 12.3. The molecular weight excluding hydrogens is 372 g/mol. The number of allylic oxidation sites excluding steroid dienone is 2. The van der Waals surface area contributed by atoms with Crippen LogP contribution < -0.4 is 5.32 Å². The zero-order valence-electron chi connectivity index (χ0n) is 16.7. The summed E-state index contributed by atoms with van der Waals surface area (Å²) in [4.78, 5) is 49.7. The number of esters is 1. The number of fused-ring (bicyclic) bond motifs is 1. The molecule has 0 bridgehead atoms. The van der Waals surface area contributed by atoms with E-state index in [9.17, 15) is 19.2 Å². The van der Waals surface area contributed by atoms with Gasteiger partial charge in [-0.3, -0.25) is 24.1 Å². The maximum absolute atomic E-state index is 12.3. The minimum Gasteiger partial charge on any atom is -0.454 e. The van der Waals surface area contributed by atoms with Crippen molar-refractivity contribution in [3.8, 4) is 0 Å². The van der Waals surface area contributed by atoms with Gasteiger partial charge in [-0.05, 0) is 42.9 Å². The van der Waals surface area contributed by atoms with Crippen molar-refractivity contribution < 1.29 is 23.9 Å². The number of imide groups is 1. The van der Waals surface area contributed by atoms with E-state index >= 15 is 0 Å². The number of hydrogen-bond acceptors (Lipinski definition) is 5. The van der Waals surface area contributed by atoms with E-state index in [1.54, 1.807) is 12.1 Å². The topological polar surface area (TPSA) is 92.8 Å². The standard InChI is InChI=1S/C22H26N2O5/c1-3-14(2)15-8-10-16(11-9-15)23-19(25)13-29-20(26)12-24-21(27)17-6-4-5-7-18(17)22(24)28/h4-5,8-11,14,17-18H,3,6-7,12-13H2,1-2H3,(H,23,25)/t14-,17-,18+/m1/s1. The number of nitrogens with one attached hydrogen (secondary N) is 1. The molecule has 1 heterocycles. The molecule has 1 fully saturated rings. The molecule has 7 heteroatoms. The summed E-state index contributed by atoms with van der Waals surface area (Å²) < 4.78 is 4.95. The van der Waals surface area contributed by atoms with Gasteiger partial charge in [0.05, 0.1) is 11.8 Å². The van der Waals surface area contributed by atoms with Crippen molar-refractivity contribution in [2.24, 2.45) is 11.8 Å². The molecule has 1 aromatic carbocycles. The molecule has 1 aliphatic heterocycles. The highest BCUT2D eigenvalue weighted by molar-refractivity contribution is 6.07. The SMILES string of the molecule is CC[C@@H](C)c1ccc(NC(=O)COC(=O)CN2C(=O)[C@H]3CC=CC[C@H]3C2=O)cc1. The van der Waals surface area contributed by atoms with Crippen LogP contribution in [0.15, 0.2) is 36.4 Å². The largest absolute Gasteiger partial charge is 0.454 e. The molecule has 1 aliphatic carbocycles. The number of carbonyl (C=O) groups is 4. The lowest BCUT2D eigenvalue weighted by Gasteiger charge is -2.14. The highest BCUT2D eigenvalue weighted by atomic mass is 16.5. The van der Waals surface area contributed by atoms with Crippen LogP contribution in [0.1, 0.15) is 44.6 Å². The Balaban J connectivity index is 1.46. The smallest absolute Gasteiger partial charge is 0.326 e. The van der Waals surface area contributed by atoms with E-state index in [0.29, 0.717) is 24.4 Å². The molecule has 7 nitrogen and oxygen atoms in total. The van der Waals surface area contributed by atoms with Gasteiger partial charge in [-0.1, -0.05) is 38.1 Å². The van der Waals surface area contributed by atoms with Crippen LogP contribution >= 0.6 is 0 Å². The van der Waals surface area contributed by atoms with Gasteiger partial charge in [0, 0.05) is 5.69 Å². The van der Waals surface area contributed by atoms with Crippen molar-refractivity contribution >= 4 is 29.4 Å². The zero-order valence-corrected chi connectivity index (χ0v) is 16.7. The summed E-state index contributed by atoms with van der Waals surface area (Å²) >= 11 is 0. The van der Waals surface area contributed by atoms with Gasteiger partial charge in [0.1, 0.15) is 6.54 Å². The number of anilines is 1. The molecule has 0 radical (unpaired) electrons. The van der Waals surface area contributed by atoms with Crippen LogP contribution in [0.4, 0.5) is 5.69 Å². The van der Waals surface area contributed by atoms with E-state index in [0.717, 1.165) is 11.3 Å². The van der Waals surface area contributed by atoms with Crippen molar-refractivity contribution in [2.75, 3.05) is 18.5 Å². The minimum atomic E-state index is -0.777. The number of hydrogen-bond donors (Lipinski definition) is 1. The number of ether oxygens (including phenoxy) is 1. The maximum Gasteiger partial charge on any atom is 0.326 e. The van der Waals surface area contributed by atoms with Gasteiger partial charge in [-0.2, -0.15) is 0 Å². The first kappa shape index (κ1) is 20.8. The molecule has 0 saturated carbocycles. The third-order valence-electron chi connectivity index (χ3n) is 5.63. The van der Waals surface area contributed by atoms with E-state index in [1.165, 1.54) is 5.56 Å². The van der Waals surface area contributed by atoms with Crippen molar-refractivity contribution in [1.29, 1.82) is 0 Å². The Morgan fingerprint density at radius 2 is 1.69 bits per heavy atom. The van der Waals surface area contributed by atoms with Gasteiger partial charge in [-0.15, -0.1) is 0 Å². The third-order valence-corrected chi connectivity index (χ3v) is 5.63. The molecular formula is C22H26N2O5. The van der Waals surface area contributed by atoms with Crippen LogP contribution in [-0.4, -0.2) is 41.7 Å². The molecule has 3 rings (SSSR count). The Bertz CT molecular complexity index is 804. The molecule has 0 aromatic heterocycles. The van der Waals surface area contributed by atoms with Crippen molar-refractivity contribution in [3.63, 3.8) is 0 Å². The monoisotopic (exact) mass is 398 g/mol. The molecule has 2 aliphatic rings. The zero-order chi connectivity index (χ0) is 21.0. The normalized spacial score (nSPS) is 21.7. The predicted octanol–water partition coefficient (Wildman–Crippen LogP) is 2.63. The third kappa shape index (κ3) is 4.72. The highest BCUT2D eigenvalue weighted by Crippen LogP contribution is 2.34. The summed E-state index contributed by atoms with van der Waals surface area (Å²) in [6, 6.07) is 7.51. The minimum absolute atomic E-state index is 0.341. The second kappa shape index (κ2) is 9.03. The first-order chi connectivity index (χ1) is 13.9. The lowest BCUT2D eigenvalue weighted by molar-refractivity contribution is -0.154. The van der Waals surface area contributed by atoms with Gasteiger partial charge in [0.2, 0.25) is 11.8 Å². The molecule has 3 atom stereocenters. The highest BCUT2D eigenvalue weighted by Gasteiger charge is 2.47. The number of amides is 3. The van der Waals surface area contributed by atoms with E-state index in [-0.39, 0.29) is 23.7 Å². The lowest BCUT2D eigenvalue weighted by atomic mass is 9.85. The summed E-state index contributed by atoms with van der Waals surface area (Å²) in [6.45, 7) is 3.31. The van der Waals surface area contributed by atoms with Gasteiger partial charge >= 0.3 is 5.97 Å². The van der Waals surface area contributed by atoms with E-state index < -0.39 is 25.0 Å². The van der Waals surface area contributed by atoms with E-state index in [1.807, 2.05) is 24.3 Å². The van der Waals surface area contributed by atoms with Gasteiger partial charge < -0.3 is 10.1 Å². The number of benzene rings is 1. The Kier molecular flexibility index (Phi) is 6.46. The molecule has 1 N–H and O–H groups in total. The molecule has 3 amide bonds.